The van der Waals surface area contributed by atoms with E-state index in [0.717, 1.165) is 6.42 Å². The van der Waals surface area contributed by atoms with Gasteiger partial charge < -0.3 is 20.1 Å². The first-order valence-electron chi connectivity index (χ1n) is 9.53. The molecule has 1 saturated heterocycles. The number of carboxylic acid groups (broad SMARTS) is 1. The van der Waals surface area contributed by atoms with Gasteiger partial charge in [0.15, 0.2) is 0 Å². The average molecular weight is 394 g/mol. The summed E-state index contributed by atoms with van der Waals surface area (Å²) in [6.07, 6.45) is 1.27. The van der Waals surface area contributed by atoms with Crippen LogP contribution in [-0.2, 0) is 9.59 Å². The Labute approximate surface area is 168 Å². The molecule has 2 aromatic carbocycles. The highest BCUT2D eigenvalue weighted by Gasteiger charge is 2.64. The van der Waals surface area contributed by atoms with E-state index in [2.05, 4.69) is 5.32 Å². The van der Waals surface area contributed by atoms with Crippen molar-refractivity contribution in [2.24, 2.45) is 5.41 Å². The Balaban J connectivity index is 1.43. The van der Waals surface area contributed by atoms with Crippen LogP contribution in [0.15, 0.2) is 54.6 Å². The molecule has 1 heterocycles. The Kier molecular flexibility index (Phi) is 4.74. The highest BCUT2D eigenvalue weighted by Crippen LogP contribution is 2.59. The zero-order valence-electron chi connectivity index (χ0n) is 16.0. The first-order valence-corrected chi connectivity index (χ1v) is 9.53. The number of rotatable bonds is 6. The zero-order valence-corrected chi connectivity index (χ0v) is 16.0. The van der Waals surface area contributed by atoms with E-state index >= 15 is 0 Å². The van der Waals surface area contributed by atoms with Gasteiger partial charge in [-0.15, -0.1) is 0 Å². The minimum atomic E-state index is -1.00. The summed E-state index contributed by atoms with van der Waals surface area (Å²) in [7, 11) is 0. The van der Waals surface area contributed by atoms with Crippen LogP contribution >= 0.6 is 0 Å². The fraction of sp³-hybridized carbons (Fsp3) is 0.318. The minimum Gasteiger partial charge on any atom is -0.480 e. The molecule has 0 spiro atoms. The number of nitrogens with one attached hydrogen (secondary N) is 1. The molecule has 150 valence electrons. The summed E-state index contributed by atoms with van der Waals surface area (Å²) < 4.78 is 5.79. The lowest BCUT2D eigenvalue weighted by molar-refractivity contribution is -0.149. The number of benzene rings is 2. The number of para-hydroxylation sites is 2. The van der Waals surface area contributed by atoms with E-state index in [1.165, 1.54) is 4.90 Å². The van der Waals surface area contributed by atoms with Crippen LogP contribution in [-0.4, -0.2) is 46.4 Å². The summed E-state index contributed by atoms with van der Waals surface area (Å²) >= 11 is 0. The summed E-state index contributed by atoms with van der Waals surface area (Å²) in [6, 6.07) is 15.0. The second-order valence-electron chi connectivity index (χ2n) is 7.83. The predicted molar refractivity (Wildman–Crippen MR) is 105 cm³/mol. The van der Waals surface area contributed by atoms with Crippen LogP contribution in [0.5, 0.6) is 11.5 Å². The lowest BCUT2D eigenvalue weighted by atomic mass is 10.0. The number of carbonyl (C=O) groups is 3. The van der Waals surface area contributed by atoms with Gasteiger partial charge in [0.1, 0.15) is 17.5 Å². The highest BCUT2D eigenvalue weighted by atomic mass is 16.5. The largest absolute Gasteiger partial charge is 0.480 e. The molecule has 1 aliphatic heterocycles. The van der Waals surface area contributed by atoms with Crippen LogP contribution in [0.1, 0.15) is 30.1 Å². The van der Waals surface area contributed by atoms with E-state index in [1.54, 1.807) is 36.4 Å². The molecule has 7 heteroatoms. The topological polar surface area (TPSA) is 95.9 Å². The fourth-order valence-electron chi connectivity index (χ4n) is 4.05. The third-order valence-electron chi connectivity index (χ3n) is 5.71. The standard InChI is InChI=1S/C22H22N2O5/c1-22-11-16(21(27)28)24(18(22)12-22)19(25)13-23-20(26)15-9-5-6-10-17(15)29-14-7-3-2-4-8-14/h2-10,16,18H,11-13H2,1H3,(H,23,26)(H,27,28)/t16-,18-,22+/m0/s1. The van der Waals surface area contributed by atoms with Gasteiger partial charge >= 0.3 is 5.97 Å². The van der Waals surface area contributed by atoms with E-state index in [9.17, 15) is 19.5 Å². The molecule has 1 saturated carbocycles. The highest BCUT2D eigenvalue weighted by molar-refractivity contribution is 5.99. The number of nitrogens with zero attached hydrogens (tertiary/aromatic N) is 1. The number of carbonyl (C=O) groups excluding carboxylic acids is 2. The number of fused-ring (bicyclic) bond motifs is 1. The summed E-state index contributed by atoms with van der Waals surface area (Å²) in [6.45, 7) is 1.74. The van der Waals surface area contributed by atoms with Gasteiger partial charge in [-0.05, 0) is 42.5 Å². The average Bonchev–Trinajstić information content (AvgIpc) is 3.27. The van der Waals surface area contributed by atoms with Gasteiger partial charge in [0.2, 0.25) is 5.91 Å². The number of piperidine rings is 1. The Morgan fingerprint density at radius 3 is 2.52 bits per heavy atom. The first-order chi connectivity index (χ1) is 13.9. The number of hydrogen-bond acceptors (Lipinski definition) is 4. The van der Waals surface area contributed by atoms with Crippen molar-refractivity contribution >= 4 is 17.8 Å². The number of hydrogen-bond donors (Lipinski definition) is 2. The van der Waals surface area contributed by atoms with Gasteiger partial charge in [-0.25, -0.2) is 4.79 Å². The summed E-state index contributed by atoms with van der Waals surface area (Å²) in [5.74, 6) is -0.853. The van der Waals surface area contributed by atoms with E-state index in [1.807, 2.05) is 25.1 Å². The van der Waals surface area contributed by atoms with Crippen LogP contribution in [0.3, 0.4) is 0 Å². The minimum absolute atomic E-state index is 0.0540. The van der Waals surface area contributed by atoms with Gasteiger partial charge in [0.05, 0.1) is 12.1 Å². The van der Waals surface area contributed by atoms with E-state index in [4.69, 9.17) is 4.74 Å². The van der Waals surface area contributed by atoms with Crippen molar-refractivity contribution in [3.05, 3.63) is 60.2 Å². The second kappa shape index (κ2) is 7.24. The molecule has 2 N–H and O–H groups in total. The molecule has 29 heavy (non-hydrogen) atoms. The van der Waals surface area contributed by atoms with Gasteiger partial charge in [-0.1, -0.05) is 37.3 Å². The van der Waals surface area contributed by atoms with Gasteiger partial charge in [-0.2, -0.15) is 0 Å². The third-order valence-corrected chi connectivity index (χ3v) is 5.71. The van der Waals surface area contributed by atoms with Crippen LogP contribution < -0.4 is 10.1 Å². The maximum atomic E-state index is 12.7. The number of aliphatic carboxylic acids is 1. The van der Waals surface area contributed by atoms with Crippen molar-refractivity contribution < 1.29 is 24.2 Å². The Morgan fingerprint density at radius 2 is 1.79 bits per heavy atom. The Hall–Kier alpha value is -3.35. The van der Waals surface area contributed by atoms with Crippen molar-refractivity contribution in [3.63, 3.8) is 0 Å². The molecule has 4 rings (SSSR count). The molecule has 1 aliphatic carbocycles. The molecule has 7 nitrogen and oxygen atoms in total. The molecular weight excluding hydrogens is 372 g/mol. The number of ether oxygens (including phenoxy) is 1. The van der Waals surface area contributed by atoms with E-state index in [0.29, 0.717) is 23.5 Å². The number of amides is 2. The molecule has 2 amide bonds. The maximum Gasteiger partial charge on any atom is 0.326 e. The Morgan fingerprint density at radius 1 is 1.10 bits per heavy atom. The van der Waals surface area contributed by atoms with E-state index < -0.39 is 17.9 Å². The van der Waals surface area contributed by atoms with Gasteiger partial charge in [0, 0.05) is 6.04 Å². The third kappa shape index (κ3) is 3.68. The molecule has 2 aromatic rings. The molecule has 0 unspecified atom stereocenters. The summed E-state index contributed by atoms with van der Waals surface area (Å²) in [5, 5.41) is 12.0. The molecule has 0 bridgehead atoms. The lowest BCUT2D eigenvalue weighted by Gasteiger charge is -2.24. The lowest BCUT2D eigenvalue weighted by Crippen LogP contribution is -2.47. The van der Waals surface area contributed by atoms with Gasteiger partial charge in [-0.3, -0.25) is 9.59 Å². The van der Waals surface area contributed by atoms with Crippen LogP contribution in [0, 0.1) is 5.41 Å². The van der Waals surface area contributed by atoms with Crippen molar-refractivity contribution in [2.75, 3.05) is 6.54 Å². The van der Waals surface area contributed by atoms with Crippen LogP contribution in [0.25, 0.3) is 0 Å². The molecule has 0 radical (unpaired) electrons. The molecule has 0 aromatic heterocycles. The monoisotopic (exact) mass is 394 g/mol. The normalized spacial score (nSPS) is 24.5. The summed E-state index contributed by atoms with van der Waals surface area (Å²) in [5.41, 5.74) is 0.190. The van der Waals surface area contributed by atoms with Crippen molar-refractivity contribution in [1.29, 1.82) is 0 Å². The van der Waals surface area contributed by atoms with Gasteiger partial charge in [0.25, 0.3) is 5.91 Å². The fourth-order valence-corrected chi connectivity index (χ4v) is 4.05. The SMILES string of the molecule is C[C@@]12C[C@@H]1N(C(=O)CNC(=O)c1ccccc1Oc1ccccc1)[C@H](C(=O)O)C2. The zero-order chi connectivity index (χ0) is 20.6. The molecule has 3 atom stereocenters. The predicted octanol–water partition coefficient (Wildman–Crippen LogP) is 2.67. The van der Waals surface area contributed by atoms with Crippen molar-refractivity contribution in [2.45, 2.75) is 31.8 Å². The smallest absolute Gasteiger partial charge is 0.326 e. The number of carboxylic acids is 1. The van der Waals surface area contributed by atoms with Crippen LogP contribution in [0.4, 0.5) is 0 Å². The van der Waals surface area contributed by atoms with E-state index in [-0.39, 0.29) is 23.9 Å². The summed E-state index contributed by atoms with van der Waals surface area (Å²) in [4.78, 5) is 38.3. The molecular formula is C22H22N2O5. The van der Waals surface area contributed by atoms with Crippen LogP contribution in [0.2, 0.25) is 0 Å². The van der Waals surface area contributed by atoms with Crippen molar-refractivity contribution in [1.82, 2.24) is 10.2 Å². The van der Waals surface area contributed by atoms with Crippen molar-refractivity contribution in [3.8, 4) is 11.5 Å². The molecule has 2 fully saturated rings. The maximum absolute atomic E-state index is 12.7. The molecule has 2 aliphatic rings. The number of likely N-dealkylation sites (tertiary alicyclic amines) is 1. The quantitative estimate of drug-likeness (QED) is 0.785. The second-order valence-corrected chi connectivity index (χ2v) is 7.83. The first kappa shape index (κ1) is 19.0. The Bertz CT molecular complexity index is 961.